The Hall–Kier alpha value is -1.59. The van der Waals surface area contributed by atoms with Crippen LogP contribution in [0, 0.1) is 0 Å². The van der Waals surface area contributed by atoms with Crippen molar-refractivity contribution in [3.8, 4) is 5.75 Å². The van der Waals surface area contributed by atoms with Crippen LogP contribution in [0.1, 0.15) is 6.42 Å². The molecule has 0 aliphatic carbocycles. The zero-order chi connectivity index (χ0) is 13.2. The van der Waals surface area contributed by atoms with E-state index in [0.717, 1.165) is 5.69 Å². The lowest BCUT2D eigenvalue weighted by Gasteiger charge is -2.27. The van der Waals surface area contributed by atoms with Crippen LogP contribution in [-0.2, 0) is 9.53 Å². The summed E-state index contributed by atoms with van der Waals surface area (Å²) in [5, 5.41) is 0. The summed E-state index contributed by atoms with van der Waals surface area (Å²) in [5.74, 6) is 0.578. The van der Waals surface area contributed by atoms with Crippen molar-refractivity contribution in [1.29, 1.82) is 0 Å². The maximum Gasteiger partial charge on any atom is 0.249 e. The van der Waals surface area contributed by atoms with Crippen LogP contribution in [0.25, 0.3) is 0 Å². The molecule has 1 aromatic carbocycles. The molecule has 1 heterocycles. The number of hydrogen-bond donors (Lipinski definition) is 1. The largest absolute Gasteiger partial charge is 0.497 e. The molecule has 1 atom stereocenters. The van der Waals surface area contributed by atoms with Crippen molar-refractivity contribution in [3.63, 3.8) is 0 Å². The van der Waals surface area contributed by atoms with Crippen LogP contribution in [0.15, 0.2) is 24.3 Å². The number of nitrogens with two attached hydrogens (primary N) is 1. The normalized spacial score (nSPS) is 22.8. The summed E-state index contributed by atoms with van der Waals surface area (Å²) in [6.45, 7) is 0.814. The second-order valence-corrected chi connectivity index (χ2v) is 4.52. The summed E-state index contributed by atoms with van der Waals surface area (Å²) >= 11 is 0. The van der Waals surface area contributed by atoms with Crippen LogP contribution >= 0.6 is 0 Å². The van der Waals surface area contributed by atoms with Crippen LogP contribution in [0.5, 0.6) is 5.75 Å². The molecule has 1 saturated heterocycles. The molecule has 18 heavy (non-hydrogen) atoms. The monoisotopic (exact) mass is 250 g/mol. The smallest absolute Gasteiger partial charge is 0.249 e. The first-order chi connectivity index (χ1) is 8.57. The SMILES string of the molecule is COc1cccc(N(C)C(=O)C2(N)CCOC2)c1. The van der Waals surface area contributed by atoms with Gasteiger partial charge in [0.25, 0.3) is 0 Å². The molecule has 2 rings (SSSR count). The fourth-order valence-electron chi connectivity index (χ4n) is 2.02. The summed E-state index contributed by atoms with van der Waals surface area (Å²) < 4.78 is 10.4. The number of hydrogen-bond acceptors (Lipinski definition) is 4. The third kappa shape index (κ3) is 2.32. The van der Waals surface area contributed by atoms with E-state index in [1.165, 1.54) is 0 Å². The number of rotatable bonds is 3. The van der Waals surface area contributed by atoms with E-state index in [1.807, 2.05) is 18.2 Å². The van der Waals surface area contributed by atoms with E-state index in [1.54, 1.807) is 25.1 Å². The van der Waals surface area contributed by atoms with E-state index in [0.29, 0.717) is 18.8 Å². The minimum atomic E-state index is -0.905. The summed E-state index contributed by atoms with van der Waals surface area (Å²) in [6, 6.07) is 7.32. The van der Waals surface area contributed by atoms with Crippen molar-refractivity contribution < 1.29 is 14.3 Å². The summed E-state index contributed by atoms with van der Waals surface area (Å²) in [5.41, 5.74) is 5.92. The van der Waals surface area contributed by atoms with Gasteiger partial charge >= 0.3 is 0 Å². The quantitative estimate of drug-likeness (QED) is 0.860. The van der Waals surface area contributed by atoms with Crippen molar-refractivity contribution in [2.24, 2.45) is 5.73 Å². The first-order valence-electron chi connectivity index (χ1n) is 5.86. The molecule has 98 valence electrons. The molecule has 1 fully saturated rings. The van der Waals surface area contributed by atoms with Gasteiger partial charge in [-0.2, -0.15) is 0 Å². The maximum absolute atomic E-state index is 12.3. The molecule has 5 heteroatoms. The Balaban J connectivity index is 2.19. The van der Waals surface area contributed by atoms with Crippen molar-refractivity contribution >= 4 is 11.6 Å². The van der Waals surface area contributed by atoms with Gasteiger partial charge in [-0.3, -0.25) is 4.79 Å². The molecule has 1 amide bonds. The Kier molecular flexibility index (Phi) is 3.54. The number of anilines is 1. The molecule has 0 spiro atoms. The zero-order valence-electron chi connectivity index (χ0n) is 10.7. The molecule has 1 unspecified atom stereocenters. The van der Waals surface area contributed by atoms with E-state index in [9.17, 15) is 4.79 Å². The molecular weight excluding hydrogens is 232 g/mol. The van der Waals surface area contributed by atoms with Crippen LogP contribution in [0.3, 0.4) is 0 Å². The summed E-state index contributed by atoms with van der Waals surface area (Å²) in [7, 11) is 3.31. The standard InChI is InChI=1S/C13H18N2O3/c1-15(10-4-3-5-11(8-10)17-2)12(16)13(14)6-7-18-9-13/h3-5,8H,6-7,9,14H2,1-2H3. The molecule has 1 aliphatic heterocycles. The Bertz CT molecular complexity index is 442. The van der Waals surface area contributed by atoms with Gasteiger partial charge in [0.1, 0.15) is 11.3 Å². The number of ether oxygens (including phenoxy) is 2. The second kappa shape index (κ2) is 4.96. The topological polar surface area (TPSA) is 64.8 Å². The molecule has 0 aromatic heterocycles. The number of carbonyl (C=O) groups excluding carboxylic acids is 1. The zero-order valence-corrected chi connectivity index (χ0v) is 10.7. The predicted molar refractivity (Wildman–Crippen MR) is 68.8 cm³/mol. The molecular formula is C13H18N2O3. The van der Waals surface area contributed by atoms with Gasteiger partial charge < -0.3 is 20.1 Å². The van der Waals surface area contributed by atoms with Gasteiger partial charge in [-0.05, 0) is 18.6 Å². The highest BCUT2D eigenvalue weighted by Crippen LogP contribution is 2.24. The van der Waals surface area contributed by atoms with Gasteiger partial charge in [0.15, 0.2) is 0 Å². The van der Waals surface area contributed by atoms with E-state index in [4.69, 9.17) is 15.2 Å². The average molecular weight is 250 g/mol. The van der Waals surface area contributed by atoms with Crippen LogP contribution in [0.2, 0.25) is 0 Å². The minimum absolute atomic E-state index is 0.131. The van der Waals surface area contributed by atoms with Gasteiger partial charge in [-0.1, -0.05) is 6.07 Å². The number of methoxy groups -OCH3 is 1. The number of carbonyl (C=O) groups is 1. The Labute approximate surface area is 106 Å². The second-order valence-electron chi connectivity index (χ2n) is 4.52. The van der Waals surface area contributed by atoms with Gasteiger partial charge in [-0.15, -0.1) is 0 Å². The first kappa shape index (κ1) is 12.9. The number of nitrogens with zero attached hydrogens (tertiary/aromatic N) is 1. The Morgan fingerprint density at radius 1 is 1.56 bits per heavy atom. The average Bonchev–Trinajstić information content (AvgIpc) is 2.85. The van der Waals surface area contributed by atoms with E-state index in [-0.39, 0.29) is 12.5 Å². The third-order valence-electron chi connectivity index (χ3n) is 3.22. The Morgan fingerprint density at radius 3 is 2.94 bits per heavy atom. The van der Waals surface area contributed by atoms with Crippen molar-refractivity contribution in [1.82, 2.24) is 0 Å². The van der Waals surface area contributed by atoms with Crippen molar-refractivity contribution in [2.45, 2.75) is 12.0 Å². The fourth-order valence-corrected chi connectivity index (χ4v) is 2.02. The lowest BCUT2D eigenvalue weighted by atomic mass is 9.98. The van der Waals surface area contributed by atoms with Gasteiger partial charge in [0, 0.05) is 25.4 Å². The van der Waals surface area contributed by atoms with Crippen molar-refractivity contribution in [2.75, 3.05) is 32.3 Å². The van der Waals surface area contributed by atoms with Crippen LogP contribution in [-0.4, -0.2) is 38.8 Å². The van der Waals surface area contributed by atoms with E-state index in [2.05, 4.69) is 0 Å². The fraction of sp³-hybridized carbons (Fsp3) is 0.462. The third-order valence-corrected chi connectivity index (χ3v) is 3.22. The van der Waals surface area contributed by atoms with Gasteiger partial charge in [0.05, 0.1) is 13.7 Å². The van der Waals surface area contributed by atoms with Gasteiger partial charge in [0.2, 0.25) is 5.91 Å². The van der Waals surface area contributed by atoms with E-state index >= 15 is 0 Å². The Morgan fingerprint density at radius 2 is 2.33 bits per heavy atom. The first-order valence-corrected chi connectivity index (χ1v) is 5.86. The molecule has 0 radical (unpaired) electrons. The molecule has 0 bridgehead atoms. The molecule has 1 aliphatic rings. The van der Waals surface area contributed by atoms with Crippen molar-refractivity contribution in [3.05, 3.63) is 24.3 Å². The lowest BCUT2D eigenvalue weighted by molar-refractivity contribution is -0.123. The highest BCUT2D eigenvalue weighted by Gasteiger charge is 2.40. The van der Waals surface area contributed by atoms with Gasteiger partial charge in [-0.25, -0.2) is 0 Å². The number of benzene rings is 1. The van der Waals surface area contributed by atoms with Crippen LogP contribution in [0.4, 0.5) is 5.69 Å². The molecule has 0 saturated carbocycles. The highest BCUT2D eigenvalue weighted by molar-refractivity contribution is 6.00. The van der Waals surface area contributed by atoms with E-state index < -0.39 is 5.54 Å². The molecule has 5 nitrogen and oxygen atoms in total. The molecule has 1 aromatic rings. The number of likely N-dealkylation sites (N-methyl/N-ethyl adjacent to an activating group) is 1. The highest BCUT2D eigenvalue weighted by atomic mass is 16.5. The number of amides is 1. The lowest BCUT2D eigenvalue weighted by Crippen LogP contribution is -2.55. The van der Waals surface area contributed by atoms with Crippen LogP contribution < -0.4 is 15.4 Å². The summed E-state index contributed by atoms with van der Waals surface area (Å²) in [4.78, 5) is 13.9. The maximum atomic E-state index is 12.3. The minimum Gasteiger partial charge on any atom is -0.497 e. The molecule has 2 N–H and O–H groups in total. The summed E-state index contributed by atoms with van der Waals surface area (Å²) in [6.07, 6.45) is 0.556. The predicted octanol–water partition coefficient (Wildman–Crippen LogP) is 0.776.